The smallest absolute Gasteiger partial charge is 0.207 e. The Morgan fingerprint density at radius 1 is 1.25 bits per heavy atom. The van der Waals surface area contributed by atoms with Crippen molar-refractivity contribution in [2.75, 3.05) is 39.4 Å². The van der Waals surface area contributed by atoms with Crippen LogP contribution in [0.3, 0.4) is 0 Å². The molecule has 3 aliphatic rings. The number of hydrogen-bond donors (Lipinski definition) is 1. The summed E-state index contributed by atoms with van der Waals surface area (Å²) < 4.78 is 6.04. The van der Waals surface area contributed by atoms with Gasteiger partial charge in [0.25, 0.3) is 0 Å². The second-order valence-corrected chi connectivity index (χ2v) is 6.10. The van der Waals surface area contributed by atoms with Gasteiger partial charge in [-0.2, -0.15) is 0 Å². The monoisotopic (exact) mass is 280 g/mol. The number of rotatable bonds is 4. The molecular weight excluding hydrogens is 254 g/mol. The third-order valence-electron chi connectivity index (χ3n) is 4.77. The average molecular weight is 280 g/mol. The summed E-state index contributed by atoms with van der Waals surface area (Å²) in [6.45, 7) is 5.78. The summed E-state index contributed by atoms with van der Waals surface area (Å²) in [6.07, 6.45) is 8.53. The molecule has 2 fully saturated rings. The van der Waals surface area contributed by atoms with E-state index in [1.54, 1.807) is 0 Å². The summed E-state index contributed by atoms with van der Waals surface area (Å²) in [7, 11) is 0. The molecule has 1 unspecified atom stereocenters. The van der Waals surface area contributed by atoms with Gasteiger partial charge in [0.2, 0.25) is 5.82 Å². The summed E-state index contributed by atoms with van der Waals surface area (Å²) >= 11 is 0. The molecule has 1 aliphatic carbocycles. The molecule has 0 aromatic rings. The molecule has 3 rings (SSSR count). The van der Waals surface area contributed by atoms with Gasteiger partial charge in [0.1, 0.15) is 12.6 Å². The van der Waals surface area contributed by atoms with E-state index in [0.717, 1.165) is 39.4 Å². The molecule has 1 atom stereocenters. The molecule has 0 aromatic heterocycles. The molecule has 1 saturated carbocycles. The van der Waals surface area contributed by atoms with Crippen molar-refractivity contribution in [2.45, 2.75) is 38.1 Å². The molecule has 20 heavy (non-hydrogen) atoms. The highest BCUT2D eigenvalue weighted by atomic mass is 16.5. The van der Waals surface area contributed by atoms with Crippen LogP contribution >= 0.6 is 0 Å². The summed E-state index contributed by atoms with van der Waals surface area (Å²) in [4.78, 5) is 2.46. The third kappa shape index (κ3) is 3.02. The molecule has 2 aliphatic heterocycles. The molecule has 0 bridgehead atoms. The lowest BCUT2D eigenvalue weighted by atomic mass is 9.93. The molecule has 2 N–H and O–H groups in total. The van der Waals surface area contributed by atoms with Gasteiger partial charge in [0.15, 0.2) is 6.20 Å². The van der Waals surface area contributed by atoms with E-state index in [-0.39, 0.29) is 0 Å². The lowest BCUT2D eigenvalue weighted by Gasteiger charge is -2.37. The van der Waals surface area contributed by atoms with E-state index >= 15 is 0 Å². The van der Waals surface area contributed by atoms with Crippen LogP contribution in [-0.2, 0) is 4.74 Å². The topological polar surface area (TPSA) is 63.2 Å². The standard InChI is InChI=1S/C14H26N5O/c15-14-12-19(17-16-14,13-4-2-1-3-5-13)9-6-18-7-10-20-11-8-18/h12-13H,1-11,15H2/q+1. The van der Waals surface area contributed by atoms with Crippen LogP contribution in [0.15, 0.2) is 22.4 Å². The van der Waals surface area contributed by atoms with E-state index < -0.39 is 0 Å². The molecule has 6 heteroatoms. The van der Waals surface area contributed by atoms with Crippen LogP contribution in [0.25, 0.3) is 0 Å². The Balaban J connectivity index is 1.65. The van der Waals surface area contributed by atoms with Gasteiger partial charge in [-0.1, -0.05) is 11.5 Å². The number of quaternary nitrogens is 1. The Hall–Kier alpha value is -0.980. The van der Waals surface area contributed by atoms with Crippen LogP contribution in [0.5, 0.6) is 0 Å². The van der Waals surface area contributed by atoms with E-state index in [2.05, 4.69) is 21.4 Å². The lowest BCUT2D eigenvalue weighted by molar-refractivity contribution is -0.913. The van der Waals surface area contributed by atoms with E-state index in [1.807, 2.05) is 0 Å². The van der Waals surface area contributed by atoms with Crippen molar-refractivity contribution in [3.8, 4) is 0 Å². The minimum absolute atomic E-state index is 0.564. The maximum atomic E-state index is 5.88. The van der Waals surface area contributed by atoms with Crippen molar-refractivity contribution in [1.29, 1.82) is 0 Å². The zero-order valence-electron chi connectivity index (χ0n) is 12.2. The van der Waals surface area contributed by atoms with Crippen LogP contribution < -0.4 is 5.73 Å². The number of nitrogens with two attached hydrogens (primary N) is 1. The van der Waals surface area contributed by atoms with Crippen LogP contribution in [0.1, 0.15) is 32.1 Å². The Bertz CT molecular complexity index is 385. The molecule has 0 aromatic carbocycles. The molecular formula is C14H26N5O+. The van der Waals surface area contributed by atoms with Gasteiger partial charge in [-0.3, -0.25) is 4.90 Å². The second kappa shape index (κ2) is 6.20. The summed E-state index contributed by atoms with van der Waals surface area (Å²) in [5.74, 6) is 0.581. The predicted molar refractivity (Wildman–Crippen MR) is 76.4 cm³/mol. The number of ether oxygens (including phenoxy) is 1. The number of nitrogens with zero attached hydrogens (tertiary/aromatic N) is 4. The van der Waals surface area contributed by atoms with Crippen LogP contribution in [0.4, 0.5) is 0 Å². The first-order valence-electron chi connectivity index (χ1n) is 7.88. The van der Waals surface area contributed by atoms with Gasteiger partial charge in [-0.25, -0.2) is 0 Å². The Labute approximate surface area is 120 Å². The minimum atomic E-state index is 0.564. The molecule has 112 valence electrons. The zero-order chi connectivity index (χ0) is 13.8. The van der Waals surface area contributed by atoms with E-state index in [9.17, 15) is 0 Å². The fourth-order valence-electron chi connectivity index (χ4n) is 3.54. The summed E-state index contributed by atoms with van der Waals surface area (Å²) in [6, 6.07) is 0.564. The Morgan fingerprint density at radius 2 is 2.00 bits per heavy atom. The molecule has 0 spiro atoms. The van der Waals surface area contributed by atoms with Crippen LogP contribution in [0.2, 0.25) is 0 Å². The molecule has 0 amide bonds. The van der Waals surface area contributed by atoms with E-state index in [0.29, 0.717) is 16.5 Å². The fourth-order valence-corrected chi connectivity index (χ4v) is 3.54. The Kier molecular flexibility index (Phi) is 4.33. The summed E-state index contributed by atoms with van der Waals surface area (Å²) in [5.41, 5.74) is 5.88. The van der Waals surface area contributed by atoms with Crippen LogP contribution in [0, 0.1) is 0 Å². The van der Waals surface area contributed by atoms with Gasteiger partial charge in [-0.15, -0.1) is 4.59 Å². The SMILES string of the molecule is NC1=C[N+](CCN2CCOCC2)(C2CCCCC2)N=N1. The fraction of sp³-hybridized carbons (Fsp3) is 0.857. The molecule has 6 nitrogen and oxygen atoms in total. The normalized spacial score (nSPS) is 32.5. The van der Waals surface area contributed by atoms with Gasteiger partial charge in [0.05, 0.1) is 19.8 Å². The highest BCUT2D eigenvalue weighted by Gasteiger charge is 2.41. The minimum Gasteiger partial charge on any atom is -0.379 e. The lowest BCUT2D eigenvalue weighted by Crippen LogP contribution is -2.51. The quantitative estimate of drug-likeness (QED) is 0.796. The zero-order valence-corrected chi connectivity index (χ0v) is 12.2. The van der Waals surface area contributed by atoms with E-state index in [1.165, 1.54) is 32.1 Å². The second-order valence-electron chi connectivity index (χ2n) is 6.10. The predicted octanol–water partition coefficient (Wildman–Crippen LogP) is 1.61. The van der Waals surface area contributed by atoms with Crippen molar-refractivity contribution >= 4 is 0 Å². The first-order valence-corrected chi connectivity index (χ1v) is 7.88. The van der Waals surface area contributed by atoms with Crippen molar-refractivity contribution in [3.63, 3.8) is 0 Å². The maximum Gasteiger partial charge on any atom is 0.207 e. The molecule has 0 radical (unpaired) electrons. The number of hydrogen-bond acceptors (Lipinski definition) is 5. The van der Waals surface area contributed by atoms with Crippen molar-refractivity contribution < 1.29 is 9.33 Å². The largest absolute Gasteiger partial charge is 0.379 e. The average Bonchev–Trinajstić information content (AvgIpc) is 2.90. The first-order chi connectivity index (χ1) is 9.78. The van der Waals surface area contributed by atoms with Crippen LogP contribution in [-0.4, -0.2) is 54.9 Å². The molecule has 2 heterocycles. The third-order valence-corrected chi connectivity index (χ3v) is 4.77. The summed E-state index contributed by atoms with van der Waals surface area (Å²) in [5, 5.41) is 8.66. The van der Waals surface area contributed by atoms with Crippen molar-refractivity contribution in [2.24, 2.45) is 16.1 Å². The maximum absolute atomic E-state index is 5.88. The highest BCUT2D eigenvalue weighted by Crippen LogP contribution is 2.33. The van der Waals surface area contributed by atoms with Crippen molar-refractivity contribution in [3.05, 3.63) is 12.0 Å². The first kappa shape index (κ1) is 14.0. The van der Waals surface area contributed by atoms with Gasteiger partial charge < -0.3 is 10.5 Å². The van der Waals surface area contributed by atoms with Gasteiger partial charge in [-0.05, 0) is 12.8 Å². The van der Waals surface area contributed by atoms with Gasteiger partial charge in [0, 0.05) is 31.2 Å². The molecule has 1 saturated heterocycles. The number of morpholine rings is 1. The Morgan fingerprint density at radius 3 is 2.65 bits per heavy atom. The van der Waals surface area contributed by atoms with E-state index in [4.69, 9.17) is 10.5 Å². The van der Waals surface area contributed by atoms with Gasteiger partial charge >= 0.3 is 0 Å². The highest BCUT2D eigenvalue weighted by molar-refractivity contribution is 4.91. The van der Waals surface area contributed by atoms with Crippen molar-refractivity contribution in [1.82, 2.24) is 4.90 Å².